The van der Waals surface area contributed by atoms with Crippen LogP contribution in [0.3, 0.4) is 0 Å². The highest BCUT2D eigenvalue weighted by Gasteiger charge is 2.35. The van der Waals surface area contributed by atoms with Crippen molar-refractivity contribution in [1.29, 1.82) is 0 Å². The van der Waals surface area contributed by atoms with E-state index >= 15 is 4.79 Å². The van der Waals surface area contributed by atoms with E-state index in [-0.39, 0.29) is 12.7 Å². The molecule has 6 rings (SSSR count). The minimum Gasteiger partial charge on any atom is -0.462 e. The highest BCUT2D eigenvalue weighted by Crippen LogP contribution is 2.39. The summed E-state index contributed by atoms with van der Waals surface area (Å²) in [7, 11) is 0. The van der Waals surface area contributed by atoms with Crippen LogP contribution in [0.5, 0.6) is 0 Å². The second-order valence-corrected chi connectivity index (χ2v) is 11.3. The number of imidazole rings is 1. The molecule has 6 nitrogen and oxygen atoms in total. The van der Waals surface area contributed by atoms with Crippen LogP contribution in [0.4, 0.5) is 0 Å². The van der Waals surface area contributed by atoms with Crippen LogP contribution in [-0.4, -0.2) is 27.2 Å². The Hall–Kier alpha value is -5.10. The molecule has 45 heavy (non-hydrogen) atoms. The van der Waals surface area contributed by atoms with Crippen LogP contribution >= 0.6 is 0 Å². The second-order valence-electron chi connectivity index (χ2n) is 11.3. The molecule has 1 aliphatic heterocycles. The van der Waals surface area contributed by atoms with Crippen molar-refractivity contribution in [3.63, 3.8) is 0 Å². The van der Waals surface area contributed by atoms with E-state index in [0.717, 1.165) is 58.9 Å². The van der Waals surface area contributed by atoms with Crippen molar-refractivity contribution in [2.45, 2.75) is 51.7 Å². The summed E-state index contributed by atoms with van der Waals surface area (Å²) in [5.74, 6) is 0.984. The lowest BCUT2D eigenvalue weighted by Gasteiger charge is -2.29. The van der Waals surface area contributed by atoms with Gasteiger partial charge in [0.05, 0.1) is 17.3 Å². The maximum Gasteiger partial charge on any atom is 0.232 e. The molecule has 1 aromatic heterocycles. The predicted molar refractivity (Wildman–Crippen MR) is 178 cm³/mol. The monoisotopic (exact) mass is 597 g/mol. The molecular weight excluding hydrogens is 558 g/mol. The summed E-state index contributed by atoms with van der Waals surface area (Å²) < 4.78 is 13.6. The van der Waals surface area contributed by atoms with Crippen molar-refractivity contribution in [1.82, 2.24) is 14.5 Å². The van der Waals surface area contributed by atoms with Gasteiger partial charge in [-0.2, -0.15) is 0 Å². The van der Waals surface area contributed by atoms with Crippen molar-refractivity contribution >= 4 is 5.91 Å². The fraction of sp³-hybridized carbons (Fsp3) is 0.231. The van der Waals surface area contributed by atoms with Crippen molar-refractivity contribution in [2.75, 3.05) is 6.79 Å². The third kappa shape index (κ3) is 7.18. The number of amides is 1. The van der Waals surface area contributed by atoms with Gasteiger partial charge in [-0.15, -0.1) is 0 Å². The molecule has 6 heteroatoms. The van der Waals surface area contributed by atoms with E-state index in [0.29, 0.717) is 25.3 Å². The number of nitrogens with zero attached hydrogens (tertiary/aromatic N) is 3. The van der Waals surface area contributed by atoms with Crippen LogP contribution < -0.4 is 0 Å². The highest BCUT2D eigenvalue weighted by molar-refractivity contribution is 5.87. The number of aromatic nitrogens is 2. The average Bonchev–Trinajstić information content (AvgIpc) is 3.75. The van der Waals surface area contributed by atoms with Crippen LogP contribution in [0, 0.1) is 0 Å². The Labute approximate surface area is 265 Å². The molecule has 0 N–H and O–H groups in total. The normalized spacial score (nSPS) is 13.0. The largest absolute Gasteiger partial charge is 0.462 e. The molecule has 0 aliphatic carbocycles. The number of carbonyl (C=O) groups is 1. The Bertz CT molecular complexity index is 1660. The summed E-state index contributed by atoms with van der Waals surface area (Å²) in [6, 6.07) is 40.9. The van der Waals surface area contributed by atoms with Crippen molar-refractivity contribution < 1.29 is 14.3 Å². The van der Waals surface area contributed by atoms with Gasteiger partial charge in [0.15, 0.2) is 0 Å². The lowest BCUT2D eigenvalue weighted by atomic mass is 9.93. The topological polar surface area (TPSA) is 56.6 Å². The van der Waals surface area contributed by atoms with E-state index in [1.807, 2.05) is 77.7 Å². The SMILES string of the molecule is CCCCn1c(-c2ccccc2)nc(-c2ccccc2)c1C(CC1=COCO1)C(=O)N(Cc1ccccc1)Cc1ccccc1. The maximum atomic E-state index is 15.2. The van der Waals surface area contributed by atoms with Gasteiger partial charge in [-0.05, 0) is 17.5 Å². The Balaban J connectivity index is 1.53. The van der Waals surface area contributed by atoms with Gasteiger partial charge in [0, 0.05) is 37.2 Å². The highest BCUT2D eigenvalue weighted by atomic mass is 16.7. The summed E-state index contributed by atoms with van der Waals surface area (Å²) in [5, 5.41) is 0. The Morgan fingerprint density at radius 1 is 0.800 bits per heavy atom. The van der Waals surface area contributed by atoms with Gasteiger partial charge in [0.25, 0.3) is 0 Å². The number of rotatable bonds is 13. The fourth-order valence-electron chi connectivity index (χ4n) is 5.90. The first-order chi connectivity index (χ1) is 22.2. The molecule has 4 aromatic carbocycles. The van der Waals surface area contributed by atoms with Gasteiger partial charge in [-0.3, -0.25) is 4.79 Å². The molecule has 5 aromatic rings. The van der Waals surface area contributed by atoms with Gasteiger partial charge in [-0.1, -0.05) is 135 Å². The average molecular weight is 598 g/mol. The minimum atomic E-state index is -0.567. The smallest absolute Gasteiger partial charge is 0.232 e. The first kappa shape index (κ1) is 29.9. The Kier molecular flexibility index (Phi) is 9.71. The summed E-state index contributed by atoms with van der Waals surface area (Å²) in [6.45, 7) is 4.06. The van der Waals surface area contributed by atoms with Crippen LogP contribution in [0.1, 0.15) is 48.9 Å². The Morgan fingerprint density at radius 2 is 1.36 bits per heavy atom. The number of hydrogen-bond acceptors (Lipinski definition) is 4. The number of carbonyl (C=O) groups excluding carboxylic acids is 1. The minimum absolute atomic E-state index is 0.0218. The van der Waals surface area contributed by atoms with Crippen LogP contribution in [0.25, 0.3) is 22.6 Å². The van der Waals surface area contributed by atoms with E-state index in [1.54, 1.807) is 6.26 Å². The Morgan fingerprint density at radius 3 is 1.89 bits per heavy atom. The molecule has 1 unspecified atom stereocenters. The summed E-state index contributed by atoms with van der Waals surface area (Å²) in [4.78, 5) is 22.4. The first-order valence-electron chi connectivity index (χ1n) is 15.7. The van der Waals surface area contributed by atoms with E-state index in [1.165, 1.54) is 0 Å². The fourth-order valence-corrected chi connectivity index (χ4v) is 5.90. The molecule has 0 saturated heterocycles. The summed E-state index contributed by atoms with van der Waals surface area (Å²) in [5.41, 5.74) is 5.88. The molecule has 0 bridgehead atoms. The summed E-state index contributed by atoms with van der Waals surface area (Å²) >= 11 is 0. The molecule has 0 saturated carbocycles. The quantitative estimate of drug-likeness (QED) is 0.136. The molecule has 2 heterocycles. The number of hydrogen-bond donors (Lipinski definition) is 0. The van der Waals surface area contributed by atoms with E-state index in [4.69, 9.17) is 14.5 Å². The lowest BCUT2D eigenvalue weighted by molar-refractivity contribution is -0.134. The van der Waals surface area contributed by atoms with E-state index < -0.39 is 5.92 Å². The number of unbranched alkanes of at least 4 members (excludes halogenated alkanes) is 1. The zero-order valence-electron chi connectivity index (χ0n) is 25.7. The van der Waals surface area contributed by atoms with Gasteiger partial charge in [0.1, 0.15) is 17.8 Å². The standard InChI is InChI=1S/C39H39N3O3/c1-2-3-24-42-37(36(32-20-12-6-13-21-32)40-38(42)33-22-14-7-15-23-33)35(25-34-28-44-29-45-34)39(43)41(26-30-16-8-4-9-17-30)27-31-18-10-5-11-19-31/h4-23,28,35H,2-3,24-27,29H2,1H3. The zero-order valence-corrected chi connectivity index (χ0v) is 25.7. The number of allylic oxidation sites excluding steroid dienone is 1. The van der Waals surface area contributed by atoms with Crippen molar-refractivity contribution in [2.24, 2.45) is 0 Å². The molecular formula is C39H39N3O3. The zero-order chi connectivity index (χ0) is 30.8. The van der Waals surface area contributed by atoms with Crippen molar-refractivity contribution in [3.8, 4) is 22.6 Å². The van der Waals surface area contributed by atoms with Gasteiger partial charge in [-0.25, -0.2) is 4.98 Å². The van der Waals surface area contributed by atoms with Crippen LogP contribution in [-0.2, 0) is 33.9 Å². The molecule has 1 atom stereocenters. The summed E-state index contributed by atoms with van der Waals surface area (Å²) in [6.07, 6.45) is 3.98. The molecule has 0 spiro atoms. The molecule has 1 amide bonds. The van der Waals surface area contributed by atoms with Crippen LogP contribution in [0.15, 0.2) is 133 Å². The second kappa shape index (κ2) is 14.6. The van der Waals surface area contributed by atoms with Crippen molar-refractivity contribution in [3.05, 3.63) is 150 Å². The number of ether oxygens (including phenoxy) is 2. The molecule has 0 fully saturated rings. The van der Waals surface area contributed by atoms with E-state index in [2.05, 4.69) is 60.0 Å². The molecule has 1 aliphatic rings. The van der Waals surface area contributed by atoms with Gasteiger partial charge < -0.3 is 18.9 Å². The third-order valence-electron chi connectivity index (χ3n) is 8.13. The van der Waals surface area contributed by atoms with Gasteiger partial charge in [0.2, 0.25) is 12.7 Å². The number of benzene rings is 4. The van der Waals surface area contributed by atoms with Gasteiger partial charge >= 0.3 is 0 Å². The first-order valence-corrected chi connectivity index (χ1v) is 15.7. The predicted octanol–water partition coefficient (Wildman–Crippen LogP) is 8.57. The third-order valence-corrected chi connectivity index (χ3v) is 8.13. The lowest BCUT2D eigenvalue weighted by Crippen LogP contribution is -2.35. The maximum absolute atomic E-state index is 15.2. The van der Waals surface area contributed by atoms with Crippen LogP contribution in [0.2, 0.25) is 0 Å². The molecule has 228 valence electrons. The van der Waals surface area contributed by atoms with E-state index in [9.17, 15) is 0 Å². The molecule has 0 radical (unpaired) electrons.